The Morgan fingerprint density at radius 1 is 1.28 bits per heavy atom. The molecule has 1 fully saturated rings. The molecule has 0 bridgehead atoms. The Hall–Kier alpha value is -3.26. The van der Waals surface area contributed by atoms with Gasteiger partial charge >= 0.3 is 6.03 Å². The lowest BCUT2D eigenvalue weighted by Gasteiger charge is -2.21. The number of amides is 3. The van der Waals surface area contributed by atoms with Crippen LogP contribution in [0.15, 0.2) is 41.5 Å². The Balaban J connectivity index is 1.86. The maximum absolute atomic E-state index is 12.9. The first kappa shape index (κ1) is 20.5. The lowest BCUT2D eigenvalue weighted by molar-refractivity contribution is -0.131. The van der Waals surface area contributed by atoms with E-state index < -0.39 is 17.5 Å². The number of rotatable bonds is 6. The highest BCUT2D eigenvalue weighted by Crippen LogP contribution is 2.35. The Kier molecular flexibility index (Phi) is 5.65. The van der Waals surface area contributed by atoms with Gasteiger partial charge in [-0.1, -0.05) is 23.7 Å². The van der Waals surface area contributed by atoms with Crippen molar-refractivity contribution in [2.24, 2.45) is 5.10 Å². The summed E-state index contributed by atoms with van der Waals surface area (Å²) >= 11 is 6.00. The van der Waals surface area contributed by atoms with Gasteiger partial charge in [-0.15, -0.1) is 5.01 Å². The van der Waals surface area contributed by atoms with Crippen LogP contribution in [-0.4, -0.2) is 42.0 Å². The van der Waals surface area contributed by atoms with Crippen LogP contribution in [0.2, 0.25) is 5.02 Å². The molecule has 3 rings (SSSR count). The highest BCUT2D eigenvalue weighted by atomic mass is 35.5. The SMILES string of the molecule is CCOc1cc(/C=N/N2C(=O)N[C@@](C)(c3ccc(OC)cc3)C2=O)cc(Cl)c1O. The largest absolute Gasteiger partial charge is 0.503 e. The van der Waals surface area contributed by atoms with E-state index in [0.29, 0.717) is 23.5 Å². The van der Waals surface area contributed by atoms with E-state index in [2.05, 4.69) is 10.4 Å². The Labute approximate surface area is 172 Å². The minimum atomic E-state index is -1.26. The Morgan fingerprint density at radius 3 is 2.59 bits per heavy atom. The number of phenols is 1. The number of carbonyl (C=O) groups excluding carboxylic acids is 2. The Bertz CT molecular complexity index is 977. The molecule has 0 saturated carbocycles. The number of ether oxygens (including phenoxy) is 2. The molecule has 2 N–H and O–H groups in total. The summed E-state index contributed by atoms with van der Waals surface area (Å²) in [5.41, 5.74) is -0.209. The van der Waals surface area contributed by atoms with Crippen LogP contribution in [-0.2, 0) is 10.3 Å². The zero-order chi connectivity index (χ0) is 21.2. The summed E-state index contributed by atoms with van der Waals surface area (Å²) in [4.78, 5) is 25.3. The maximum Gasteiger partial charge on any atom is 0.346 e. The van der Waals surface area contributed by atoms with Crippen LogP contribution in [0.1, 0.15) is 25.0 Å². The predicted octanol–water partition coefficient (Wildman–Crippen LogP) is 3.25. The van der Waals surface area contributed by atoms with Gasteiger partial charge in [0.1, 0.15) is 11.3 Å². The van der Waals surface area contributed by atoms with Crippen LogP contribution >= 0.6 is 11.6 Å². The van der Waals surface area contributed by atoms with E-state index in [4.69, 9.17) is 21.1 Å². The van der Waals surface area contributed by atoms with E-state index in [1.165, 1.54) is 18.3 Å². The highest BCUT2D eigenvalue weighted by molar-refractivity contribution is 6.32. The second-order valence-corrected chi connectivity index (χ2v) is 6.83. The van der Waals surface area contributed by atoms with E-state index in [9.17, 15) is 14.7 Å². The zero-order valence-corrected chi connectivity index (χ0v) is 16.9. The second kappa shape index (κ2) is 8.00. The fraction of sp³-hybridized carbons (Fsp3) is 0.250. The molecule has 29 heavy (non-hydrogen) atoms. The maximum atomic E-state index is 12.9. The summed E-state index contributed by atoms with van der Waals surface area (Å²) in [7, 11) is 1.54. The topological polar surface area (TPSA) is 100 Å². The van der Waals surface area contributed by atoms with E-state index in [1.54, 1.807) is 45.2 Å². The summed E-state index contributed by atoms with van der Waals surface area (Å²) in [6, 6.07) is 9.13. The van der Waals surface area contributed by atoms with Crippen molar-refractivity contribution in [1.82, 2.24) is 10.3 Å². The number of nitrogens with zero attached hydrogens (tertiary/aromatic N) is 2. The molecule has 3 amide bonds. The molecule has 0 unspecified atom stereocenters. The molecule has 0 spiro atoms. The average Bonchev–Trinajstić information content (AvgIpc) is 2.93. The number of hydrogen-bond donors (Lipinski definition) is 2. The molecule has 1 atom stereocenters. The molecule has 1 heterocycles. The lowest BCUT2D eigenvalue weighted by atomic mass is 9.92. The third-order valence-electron chi connectivity index (χ3n) is 4.51. The first-order valence-corrected chi connectivity index (χ1v) is 9.18. The average molecular weight is 418 g/mol. The first-order chi connectivity index (χ1) is 13.8. The third-order valence-corrected chi connectivity index (χ3v) is 4.80. The van der Waals surface area contributed by atoms with Crippen LogP contribution in [0, 0.1) is 0 Å². The number of nitrogens with one attached hydrogen (secondary N) is 1. The van der Waals surface area contributed by atoms with Gasteiger partial charge in [0.2, 0.25) is 0 Å². The first-order valence-electron chi connectivity index (χ1n) is 8.80. The fourth-order valence-corrected chi connectivity index (χ4v) is 3.13. The van der Waals surface area contributed by atoms with E-state index in [-0.39, 0.29) is 16.5 Å². The van der Waals surface area contributed by atoms with Crippen LogP contribution in [0.5, 0.6) is 17.2 Å². The van der Waals surface area contributed by atoms with Crippen molar-refractivity contribution in [3.8, 4) is 17.2 Å². The third kappa shape index (κ3) is 3.84. The standard InChI is InChI=1S/C20H20ClN3O5/c1-4-29-16-10-12(9-15(21)17(16)25)11-22-24-18(26)20(2,23-19(24)27)13-5-7-14(28-3)8-6-13/h5-11,25H,4H2,1-3H3,(H,23,27)/b22-11+/t20-/m0/s1. The quantitative estimate of drug-likeness (QED) is 0.555. The summed E-state index contributed by atoms with van der Waals surface area (Å²) < 4.78 is 10.4. The second-order valence-electron chi connectivity index (χ2n) is 6.43. The molecule has 0 radical (unpaired) electrons. The lowest BCUT2D eigenvalue weighted by Crippen LogP contribution is -2.40. The minimum Gasteiger partial charge on any atom is -0.503 e. The number of carbonyl (C=O) groups is 2. The van der Waals surface area contributed by atoms with E-state index >= 15 is 0 Å². The van der Waals surface area contributed by atoms with Crippen LogP contribution in [0.3, 0.4) is 0 Å². The number of urea groups is 1. The van der Waals surface area contributed by atoms with E-state index in [1.807, 2.05) is 0 Å². The number of methoxy groups -OCH3 is 1. The van der Waals surface area contributed by atoms with Crippen molar-refractivity contribution in [3.63, 3.8) is 0 Å². The molecule has 2 aromatic carbocycles. The fourth-order valence-electron chi connectivity index (χ4n) is 2.91. The predicted molar refractivity (Wildman–Crippen MR) is 108 cm³/mol. The van der Waals surface area contributed by atoms with Crippen LogP contribution in [0.25, 0.3) is 0 Å². The van der Waals surface area contributed by atoms with Crippen LogP contribution < -0.4 is 14.8 Å². The molecule has 9 heteroatoms. The number of benzene rings is 2. The van der Waals surface area contributed by atoms with Gasteiger partial charge in [-0.05, 0) is 49.2 Å². The Morgan fingerprint density at radius 2 is 1.97 bits per heavy atom. The molecule has 2 aromatic rings. The highest BCUT2D eigenvalue weighted by Gasteiger charge is 2.49. The zero-order valence-electron chi connectivity index (χ0n) is 16.1. The van der Waals surface area contributed by atoms with Crippen molar-refractivity contribution >= 4 is 29.8 Å². The normalized spacial score (nSPS) is 19.0. The van der Waals surface area contributed by atoms with Crippen molar-refractivity contribution in [1.29, 1.82) is 0 Å². The number of halogens is 1. The van der Waals surface area contributed by atoms with Crippen LogP contribution in [0.4, 0.5) is 4.79 Å². The molecule has 1 aliphatic rings. The monoisotopic (exact) mass is 417 g/mol. The van der Waals surface area contributed by atoms with Gasteiger partial charge in [0.05, 0.1) is 25.0 Å². The van der Waals surface area contributed by atoms with Gasteiger partial charge in [0, 0.05) is 0 Å². The van der Waals surface area contributed by atoms with Gasteiger partial charge in [-0.3, -0.25) is 4.79 Å². The molecule has 8 nitrogen and oxygen atoms in total. The smallest absolute Gasteiger partial charge is 0.346 e. The molecular weight excluding hydrogens is 398 g/mol. The number of hydrazone groups is 1. The van der Waals surface area contributed by atoms with Crippen molar-refractivity contribution in [2.75, 3.05) is 13.7 Å². The van der Waals surface area contributed by atoms with Gasteiger partial charge in [-0.2, -0.15) is 5.10 Å². The number of hydrogen-bond acceptors (Lipinski definition) is 6. The van der Waals surface area contributed by atoms with Gasteiger partial charge in [0.15, 0.2) is 11.5 Å². The summed E-state index contributed by atoms with van der Waals surface area (Å²) in [6.07, 6.45) is 1.30. The number of phenolic OH excluding ortho intramolecular Hbond substituents is 1. The molecular formula is C20H20ClN3O5. The molecule has 1 aliphatic heterocycles. The van der Waals surface area contributed by atoms with Crippen molar-refractivity contribution in [3.05, 3.63) is 52.5 Å². The van der Waals surface area contributed by atoms with Crippen molar-refractivity contribution in [2.45, 2.75) is 19.4 Å². The molecule has 0 aliphatic carbocycles. The summed E-state index contributed by atoms with van der Waals surface area (Å²) in [6.45, 7) is 3.70. The molecule has 1 saturated heterocycles. The van der Waals surface area contributed by atoms with Gasteiger partial charge in [-0.25, -0.2) is 4.79 Å². The number of imide groups is 1. The van der Waals surface area contributed by atoms with Gasteiger partial charge < -0.3 is 19.9 Å². The summed E-state index contributed by atoms with van der Waals surface area (Å²) in [5.74, 6) is 0.103. The van der Waals surface area contributed by atoms with E-state index in [0.717, 1.165) is 5.01 Å². The molecule has 0 aromatic heterocycles. The molecule has 152 valence electrons. The number of aromatic hydroxyl groups is 1. The van der Waals surface area contributed by atoms with Crippen molar-refractivity contribution < 1.29 is 24.2 Å². The van der Waals surface area contributed by atoms with Gasteiger partial charge in [0.25, 0.3) is 5.91 Å². The summed E-state index contributed by atoms with van der Waals surface area (Å²) in [5, 5.41) is 17.4. The minimum absolute atomic E-state index is 0.0673.